The molecule has 23 heavy (non-hydrogen) atoms. The number of amides is 1. The molecule has 1 atom stereocenters. The molecule has 0 saturated heterocycles. The summed E-state index contributed by atoms with van der Waals surface area (Å²) in [6.45, 7) is 9.33. The lowest BCUT2D eigenvalue weighted by atomic mass is 9.99. The lowest BCUT2D eigenvalue weighted by molar-refractivity contribution is -0.122. The van der Waals surface area contributed by atoms with Crippen molar-refractivity contribution < 1.29 is 4.79 Å². The summed E-state index contributed by atoms with van der Waals surface area (Å²) >= 11 is 0. The van der Waals surface area contributed by atoms with Crippen molar-refractivity contribution in [3.63, 3.8) is 0 Å². The van der Waals surface area contributed by atoms with E-state index in [1.807, 2.05) is 24.1 Å². The summed E-state index contributed by atoms with van der Waals surface area (Å²) in [5.74, 6) is 0.530. The maximum atomic E-state index is 11.8. The summed E-state index contributed by atoms with van der Waals surface area (Å²) in [5.41, 5.74) is 8.48. The summed E-state index contributed by atoms with van der Waals surface area (Å²) < 4.78 is 0. The topological polar surface area (TPSA) is 58.4 Å². The first-order chi connectivity index (χ1) is 9.81. The molecule has 0 bridgehead atoms. The van der Waals surface area contributed by atoms with E-state index >= 15 is 0 Å². The standard InChI is InChI=1S/C17H29N3O.2ClH/c1-12(2)14-6-8-15(9-7-14)16(18)10-19-17(21)11-20(5)13(3)4;;/h6-9,12-13,16H,10-11,18H2,1-5H3,(H,19,21);2*1H. The van der Waals surface area contributed by atoms with Crippen molar-refractivity contribution >= 4 is 30.7 Å². The van der Waals surface area contributed by atoms with Gasteiger partial charge in [-0.2, -0.15) is 0 Å². The molecule has 6 heteroatoms. The van der Waals surface area contributed by atoms with Crippen LogP contribution in [0.5, 0.6) is 0 Å². The van der Waals surface area contributed by atoms with Crippen LogP contribution in [0.2, 0.25) is 0 Å². The Kier molecular flexibility index (Phi) is 12.4. The maximum Gasteiger partial charge on any atom is 0.234 e. The monoisotopic (exact) mass is 363 g/mol. The van der Waals surface area contributed by atoms with Gasteiger partial charge in [0.15, 0.2) is 0 Å². The van der Waals surface area contributed by atoms with Gasteiger partial charge in [0.1, 0.15) is 0 Å². The van der Waals surface area contributed by atoms with Crippen LogP contribution in [0.3, 0.4) is 0 Å². The maximum absolute atomic E-state index is 11.8. The fraction of sp³-hybridized carbons (Fsp3) is 0.588. The fourth-order valence-electron chi connectivity index (χ4n) is 1.93. The van der Waals surface area contributed by atoms with Gasteiger partial charge < -0.3 is 11.1 Å². The molecule has 0 saturated carbocycles. The summed E-state index contributed by atoms with van der Waals surface area (Å²) in [6, 6.07) is 8.49. The quantitative estimate of drug-likeness (QED) is 0.782. The van der Waals surface area contributed by atoms with Gasteiger partial charge in [0.25, 0.3) is 0 Å². The number of rotatable bonds is 7. The molecule has 4 nitrogen and oxygen atoms in total. The minimum Gasteiger partial charge on any atom is -0.353 e. The van der Waals surface area contributed by atoms with Gasteiger partial charge in [0, 0.05) is 18.6 Å². The van der Waals surface area contributed by atoms with Crippen LogP contribution in [0.1, 0.15) is 50.8 Å². The number of halogens is 2. The number of carbonyl (C=O) groups excluding carboxylic acids is 1. The highest BCUT2D eigenvalue weighted by Crippen LogP contribution is 2.17. The normalized spacial score (nSPS) is 11.9. The van der Waals surface area contributed by atoms with Crippen molar-refractivity contribution in [3.8, 4) is 0 Å². The van der Waals surface area contributed by atoms with Gasteiger partial charge >= 0.3 is 0 Å². The predicted octanol–water partition coefficient (Wildman–Crippen LogP) is 3.11. The molecule has 0 heterocycles. The number of nitrogens with one attached hydrogen (secondary N) is 1. The number of nitrogens with two attached hydrogens (primary N) is 1. The van der Waals surface area contributed by atoms with E-state index in [-0.39, 0.29) is 36.8 Å². The van der Waals surface area contributed by atoms with Crippen molar-refractivity contribution in [2.24, 2.45) is 5.73 Å². The van der Waals surface area contributed by atoms with E-state index in [4.69, 9.17) is 5.73 Å². The summed E-state index contributed by atoms with van der Waals surface area (Å²) in [5, 5.41) is 2.90. The van der Waals surface area contributed by atoms with Crippen molar-refractivity contribution in [2.45, 2.75) is 45.7 Å². The molecule has 0 aliphatic carbocycles. The SMILES string of the molecule is CC(C)c1ccc(C(N)CNC(=O)CN(C)C(C)C)cc1.Cl.Cl. The average molecular weight is 364 g/mol. The highest BCUT2D eigenvalue weighted by atomic mass is 35.5. The Hall–Kier alpha value is -0.810. The second-order valence-corrected chi connectivity index (χ2v) is 6.24. The molecule has 134 valence electrons. The number of likely N-dealkylation sites (N-methyl/N-ethyl adjacent to an activating group) is 1. The van der Waals surface area contributed by atoms with E-state index in [2.05, 4.69) is 45.1 Å². The van der Waals surface area contributed by atoms with Crippen molar-refractivity contribution in [1.82, 2.24) is 10.2 Å². The van der Waals surface area contributed by atoms with Crippen molar-refractivity contribution in [2.75, 3.05) is 20.1 Å². The summed E-state index contributed by atoms with van der Waals surface area (Å²) in [6.07, 6.45) is 0. The number of benzene rings is 1. The van der Waals surface area contributed by atoms with E-state index in [0.29, 0.717) is 25.0 Å². The molecule has 0 aliphatic rings. The second-order valence-electron chi connectivity index (χ2n) is 6.24. The zero-order valence-corrected chi connectivity index (χ0v) is 16.3. The van der Waals surface area contributed by atoms with Gasteiger partial charge in [0.2, 0.25) is 5.91 Å². The Labute approximate surface area is 153 Å². The Morgan fingerprint density at radius 2 is 1.57 bits per heavy atom. The second kappa shape index (κ2) is 11.7. The number of hydrogen-bond acceptors (Lipinski definition) is 3. The minimum absolute atomic E-state index is 0. The van der Waals surface area contributed by atoms with E-state index in [1.165, 1.54) is 5.56 Å². The third-order valence-corrected chi connectivity index (χ3v) is 3.82. The predicted molar refractivity (Wildman–Crippen MR) is 103 cm³/mol. The fourth-order valence-corrected chi connectivity index (χ4v) is 1.93. The molecule has 0 spiro atoms. The molecule has 1 aromatic carbocycles. The van der Waals surface area contributed by atoms with E-state index in [9.17, 15) is 4.79 Å². The minimum atomic E-state index is -0.167. The molecule has 1 aromatic rings. The molecule has 0 aliphatic heterocycles. The molecule has 3 N–H and O–H groups in total. The van der Waals surface area contributed by atoms with E-state index in [0.717, 1.165) is 5.56 Å². The molecule has 0 aromatic heterocycles. The van der Waals surface area contributed by atoms with Crippen molar-refractivity contribution in [3.05, 3.63) is 35.4 Å². The Bertz CT molecular complexity index is 450. The molecular formula is C17H31Cl2N3O. The third kappa shape index (κ3) is 8.56. The highest BCUT2D eigenvalue weighted by molar-refractivity contribution is 5.85. The number of nitrogens with zero attached hydrogens (tertiary/aromatic N) is 1. The average Bonchev–Trinajstić information content (AvgIpc) is 2.44. The van der Waals surface area contributed by atoms with E-state index in [1.54, 1.807) is 0 Å². The zero-order valence-electron chi connectivity index (χ0n) is 14.7. The highest BCUT2D eigenvalue weighted by Gasteiger charge is 2.12. The Balaban J connectivity index is 0. The molecule has 1 rings (SSSR count). The first kappa shape index (κ1) is 24.4. The van der Waals surface area contributed by atoms with Crippen LogP contribution in [0.15, 0.2) is 24.3 Å². The van der Waals surface area contributed by atoms with Crippen LogP contribution in [0.25, 0.3) is 0 Å². The Morgan fingerprint density at radius 3 is 2.00 bits per heavy atom. The Morgan fingerprint density at radius 1 is 1.09 bits per heavy atom. The van der Waals surface area contributed by atoms with E-state index < -0.39 is 0 Å². The summed E-state index contributed by atoms with van der Waals surface area (Å²) in [7, 11) is 1.94. The van der Waals surface area contributed by atoms with Gasteiger partial charge in [-0.1, -0.05) is 38.1 Å². The van der Waals surface area contributed by atoms with Crippen LogP contribution in [-0.2, 0) is 4.79 Å². The van der Waals surface area contributed by atoms with Gasteiger partial charge in [-0.15, -0.1) is 24.8 Å². The van der Waals surface area contributed by atoms with Gasteiger partial charge in [-0.3, -0.25) is 9.69 Å². The van der Waals surface area contributed by atoms with Crippen LogP contribution < -0.4 is 11.1 Å². The lowest BCUT2D eigenvalue weighted by Crippen LogP contribution is -2.40. The smallest absolute Gasteiger partial charge is 0.234 e. The van der Waals surface area contributed by atoms with Gasteiger partial charge in [-0.05, 0) is 37.9 Å². The van der Waals surface area contributed by atoms with Crippen LogP contribution in [0.4, 0.5) is 0 Å². The lowest BCUT2D eigenvalue weighted by Gasteiger charge is -2.21. The molecule has 1 amide bonds. The van der Waals surface area contributed by atoms with Gasteiger partial charge in [-0.25, -0.2) is 0 Å². The third-order valence-electron chi connectivity index (χ3n) is 3.82. The molecule has 0 fully saturated rings. The first-order valence-electron chi connectivity index (χ1n) is 7.63. The summed E-state index contributed by atoms with van der Waals surface area (Å²) in [4.78, 5) is 13.8. The molecule has 1 unspecified atom stereocenters. The number of carbonyl (C=O) groups is 1. The van der Waals surface area contributed by atoms with Gasteiger partial charge in [0.05, 0.1) is 6.54 Å². The zero-order chi connectivity index (χ0) is 16.0. The van der Waals surface area contributed by atoms with Crippen LogP contribution in [0, 0.1) is 0 Å². The first-order valence-corrected chi connectivity index (χ1v) is 7.63. The molecule has 0 radical (unpaired) electrons. The van der Waals surface area contributed by atoms with Crippen LogP contribution in [-0.4, -0.2) is 37.0 Å². The number of hydrogen-bond donors (Lipinski definition) is 2. The van der Waals surface area contributed by atoms with Crippen molar-refractivity contribution in [1.29, 1.82) is 0 Å². The largest absolute Gasteiger partial charge is 0.353 e. The van der Waals surface area contributed by atoms with Crippen LogP contribution >= 0.6 is 24.8 Å². The molecular weight excluding hydrogens is 333 g/mol.